The molecule has 0 saturated heterocycles. The Hall–Kier alpha value is -2.47. The molecule has 0 bridgehead atoms. The van der Waals surface area contributed by atoms with Crippen molar-refractivity contribution in [2.75, 3.05) is 30.9 Å². The highest BCUT2D eigenvalue weighted by molar-refractivity contribution is 6.03. The molecule has 1 aromatic carbocycles. The Morgan fingerprint density at radius 1 is 1.13 bits per heavy atom. The number of nitrogens with one attached hydrogen (secondary N) is 2. The molecule has 1 aromatic heterocycles. The van der Waals surface area contributed by atoms with Crippen molar-refractivity contribution in [2.45, 2.75) is 20.3 Å². The van der Waals surface area contributed by atoms with E-state index in [0.29, 0.717) is 12.4 Å². The number of benzene rings is 1. The van der Waals surface area contributed by atoms with Gasteiger partial charge in [-0.2, -0.15) is 0 Å². The maximum atomic E-state index is 12.3. The molecular weight excluding hydrogens is 292 g/mol. The molecule has 1 heterocycles. The van der Waals surface area contributed by atoms with E-state index in [4.69, 9.17) is 4.74 Å². The molecular formula is C17H22N4O2. The van der Waals surface area contributed by atoms with Gasteiger partial charge in [-0.3, -0.25) is 4.79 Å². The Morgan fingerprint density at radius 3 is 2.48 bits per heavy atom. The van der Waals surface area contributed by atoms with Crippen LogP contribution in [-0.2, 0) is 4.74 Å². The number of rotatable bonds is 7. The third kappa shape index (κ3) is 4.75. The summed E-state index contributed by atoms with van der Waals surface area (Å²) < 4.78 is 4.98. The van der Waals surface area contributed by atoms with Crippen LogP contribution in [-0.4, -0.2) is 36.4 Å². The van der Waals surface area contributed by atoms with Gasteiger partial charge in [-0.25, -0.2) is 0 Å². The van der Waals surface area contributed by atoms with Crippen LogP contribution in [0.2, 0.25) is 0 Å². The minimum Gasteiger partial charge on any atom is -0.385 e. The van der Waals surface area contributed by atoms with Crippen molar-refractivity contribution in [3.8, 4) is 0 Å². The maximum Gasteiger partial charge on any atom is 0.276 e. The monoisotopic (exact) mass is 314 g/mol. The molecule has 0 radical (unpaired) electrons. The lowest BCUT2D eigenvalue weighted by molar-refractivity contribution is 0.102. The Morgan fingerprint density at radius 2 is 1.87 bits per heavy atom. The van der Waals surface area contributed by atoms with Crippen LogP contribution < -0.4 is 10.6 Å². The van der Waals surface area contributed by atoms with Crippen LogP contribution in [0.15, 0.2) is 30.3 Å². The molecule has 0 aliphatic carbocycles. The summed E-state index contributed by atoms with van der Waals surface area (Å²) in [5, 5.41) is 14.0. The van der Waals surface area contributed by atoms with Crippen LogP contribution in [0.1, 0.15) is 28.0 Å². The smallest absolute Gasteiger partial charge is 0.276 e. The summed E-state index contributed by atoms with van der Waals surface area (Å²) in [6, 6.07) is 9.29. The lowest BCUT2D eigenvalue weighted by Gasteiger charge is -2.11. The first kappa shape index (κ1) is 16.9. The average Bonchev–Trinajstić information content (AvgIpc) is 2.55. The predicted octanol–water partition coefficient (Wildman–Crippen LogP) is 2.79. The second-order valence-electron chi connectivity index (χ2n) is 5.30. The highest BCUT2D eigenvalue weighted by atomic mass is 16.5. The van der Waals surface area contributed by atoms with E-state index in [2.05, 4.69) is 20.8 Å². The van der Waals surface area contributed by atoms with Gasteiger partial charge in [-0.15, -0.1) is 10.2 Å². The molecule has 1 amide bonds. The standard InChI is InChI=1S/C17H22N4O2/c1-12-6-4-7-13(2)16(12)19-17(22)14-8-9-15(21-20-14)18-10-5-11-23-3/h4,6-9H,5,10-11H2,1-3H3,(H,18,21)(H,19,22). The number of anilines is 2. The van der Waals surface area contributed by atoms with Gasteiger partial charge in [0, 0.05) is 25.9 Å². The van der Waals surface area contributed by atoms with E-state index in [0.717, 1.165) is 29.8 Å². The quantitative estimate of drug-likeness (QED) is 0.769. The van der Waals surface area contributed by atoms with E-state index in [-0.39, 0.29) is 11.6 Å². The first-order valence-corrected chi connectivity index (χ1v) is 7.56. The van der Waals surface area contributed by atoms with Crippen molar-refractivity contribution in [1.82, 2.24) is 10.2 Å². The second-order valence-corrected chi connectivity index (χ2v) is 5.30. The largest absolute Gasteiger partial charge is 0.385 e. The van der Waals surface area contributed by atoms with Gasteiger partial charge in [-0.1, -0.05) is 18.2 Å². The molecule has 6 nitrogen and oxygen atoms in total. The molecule has 0 spiro atoms. The predicted molar refractivity (Wildman–Crippen MR) is 90.9 cm³/mol. The number of para-hydroxylation sites is 1. The Bertz CT molecular complexity index is 636. The summed E-state index contributed by atoms with van der Waals surface area (Å²) in [5.41, 5.74) is 3.14. The number of nitrogens with zero attached hydrogens (tertiary/aromatic N) is 2. The van der Waals surface area contributed by atoms with Gasteiger partial charge in [0.05, 0.1) is 0 Å². The summed E-state index contributed by atoms with van der Waals surface area (Å²) in [7, 11) is 1.67. The molecule has 2 aromatic rings. The lowest BCUT2D eigenvalue weighted by Crippen LogP contribution is -2.16. The molecule has 0 aliphatic heterocycles. The average molecular weight is 314 g/mol. The molecule has 0 unspecified atom stereocenters. The number of ether oxygens (including phenoxy) is 1. The van der Waals surface area contributed by atoms with Gasteiger partial charge < -0.3 is 15.4 Å². The zero-order chi connectivity index (χ0) is 16.7. The number of methoxy groups -OCH3 is 1. The molecule has 0 saturated carbocycles. The van der Waals surface area contributed by atoms with Crippen molar-refractivity contribution in [1.29, 1.82) is 0 Å². The third-order valence-electron chi connectivity index (χ3n) is 3.45. The van der Waals surface area contributed by atoms with Crippen molar-refractivity contribution in [2.24, 2.45) is 0 Å². The first-order chi connectivity index (χ1) is 11.1. The number of aryl methyl sites for hydroxylation is 2. The highest BCUT2D eigenvalue weighted by Crippen LogP contribution is 2.20. The number of hydrogen-bond donors (Lipinski definition) is 2. The summed E-state index contributed by atoms with van der Waals surface area (Å²) >= 11 is 0. The molecule has 0 fully saturated rings. The molecule has 2 N–H and O–H groups in total. The van der Waals surface area contributed by atoms with Crippen molar-refractivity contribution in [3.63, 3.8) is 0 Å². The Kier molecular flexibility index (Phi) is 6.05. The SMILES string of the molecule is COCCCNc1ccc(C(=O)Nc2c(C)cccc2C)nn1. The fraction of sp³-hybridized carbons (Fsp3) is 0.353. The van der Waals surface area contributed by atoms with Crippen LogP contribution in [0.4, 0.5) is 11.5 Å². The van der Waals surface area contributed by atoms with E-state index in [1.807, 2.05) is 32.0 Å². The van der Waals surface area contributed by atoms with Crippen LogP contribution in [0.5, 0.6) is 0 Å². The minimum absolute atomic E-state index is 0.263. The summed E-state index contributed by atoms with van der Waals surface area (Å²) in [6.07, 6.45) is 0.882. The third-order valence-corrected chi connectivity index (χ3v) is 3.45. The molecule has 6 heteroatoms. The van der Waals surface area contributed by atoms with Crippen LogP contribution in [0.25, 0.3) is 0 Å². The van der Waals surface area contributed by atoms with Gasteiger partial charge in [-0.05, 0) is 43.5 Å². The molecule has 0 atom stereocenters. The van der Waals surface area contributed by atoms with Crippen molar-refractivity contribution < 1.29 is 9.53 Å². The topological polar surface area (TPSA) is 76.1 Å². The fourth-order valence-corrected chi connectivity index (χ4v) is 2.17. The van der Waals surface area contributed by atoms with Crippen molar-refractivity contribution >= 4 is 17.4 Å². The number of amides is 1. The van der Waals surface area contributed by atoms with Crippen molar-refractivity contribution in [3.05, 3.63) is 47.2 Å². The van der Waals surface area contributed by atoms with Crippen LogP contribution in [0.3, 0.4) is 0 Å². The summed E-state index contributed by atoms with van der Waals surface area (Å²) in [6.45, 7) is 5.36. The second kappa shape index (κ2) is 8.24. The Balaban J connectivity index is 1.97. The van der Waals surface area contributed by atoms with Crippen LogP contribution >= 0.6 is 0 Å². The molecule has 23 heavy (non-hydrogen) atoms. The van der Waals surface area contributed by atoms with Gasteiger partial charge in [0.2, 0.25) is 0 Å². The van der Waals surface area contributed by atoms with Crippen LogP contribution in [0, 0.1) is 13.8 Å². The lowest BCUT2D eigenvalue weighted by atomic mass is 10.1. The fourth-order valence-electron chi connectivity index (χ4n) is 2.17. The highest BCUT2D eigenvalue weighted by Gasteiger charge is 2.11. The summed E-state index contributed by atoms with van der Waals surface area (Å²) in [4.78, 5) is 12.3. The molecule has 122 valence electrons. The maximum absolute atomic E-state index is 12.3. The number of hydrogen-bond acceptors (Lipinski definition) is 5. The van der Waals surface area contributed by atoms with E-state index < -0.39 is 0 Å². The van der Waals surface area contributed by atoms with E-state index >= 15 is 0 Å². The van der Waals surface area contributed by atoms with Gasteiger partial charge in [0.15, 0.2) is 5.69 Å². The normalized spacial score (nSPS) is 10.4. The van der Waals surface area contributed by atoms with E-state index in [1.165, 1.54) is 0 Å². The molecule has 0 aliphatic rings. The van der Waals surface area contributed by atoms with Gasteiger partial charge >= 0.3 is 0 Å². The zero-order valence-electron chi connectivity index (χ0n) is 13.7. The first-order valence-electron chi connectivity index (χ1n) is 7.56. The van der Waals surface area contributed by atoms with Gasteiger partial charge in [0.25, 0.3) is 5.91 Å². The molecule has 2 rings (SSSR count). The minimum atomic E-state index is -0.263. The number of aromatic nitrogens is 2. The van der Waals surface area contributed by atoms with E-state index in [9.17, 15) is 4.79 Å². The van der Waals surface area contributed by atoms with E-state index in [1.54, 1.807) is 19.2 Å². The number of carbonyl (C=O) groups excluding carboxylic acids is 1. The summed E-state index contributed by atoms with van der Waals surface area (Å²) in [5.74, 6) is 0.380. The number of carbonyl (C=O) groups is 1. The Labute approximate surface area is 136 Å². The zero-order valence-corrected chi connectivity index (χ0v) is 13.7. The van der Waals surface area contributed by atoms with Gasteiger partial charge in [0.1, 0.15) is 5.82 Å².